The molecule has 0 heterocycles. The minimum Gasteiger partial charge on any atom is -0.497 e. The molecule has 0 saturated carbocycles. The Labute approximate surface area is 142 Å². The van der Waals surface area contributed by atoms with E-state index in [4.69, 9.17) is 10.00 Å². The Morgan fingerprint density at radius 2 is 1.64 bits per heavy atom. The number of hydrogen-bond donors (Lipinski definition) is 1. The molecule has 1 atom stereocenters. The number of carbonyl (C=O) groups excluding carboxylic acids is 1. The Hall–Kier alpha value is -3.01. The van der Waals surface area contributed by atoms with Gasteiger partial charge >= 0.3 is 6.18 Å². The highest BCUT2D eigenvalue weighted by Crippen LogP contribution is 2.31. The smallest absolute Gasteiger partial charge is 0.416 e. The van der Waals surface area contributed by atoms with Crippen molar-refractivity contribution >= 4 is 5.91 Å². The molecule has 2 rings (SSSR count). The second-order valence-electron chi connectivity index (χ2n) is 5.23. The van der Waals surface area contributed by atoms with Gasteiger partial charge in [0.1, 0.15) is 12.2 Å². The van der Waals surface area contributed by atoms with E-state index in [-0.39, 0.29) is 6.42 Å². The van der Waals surface area contributed by atoms with Crippen LogP contribution in [0.4, 0.5) is 13.2 Å². The standard InChI is InChI=1S/C18H15F3N2O2/c1-25-15-8-4-13(5-9-15)17(23-16(24)10-11-22)12-2-6-14(7-3-12)18(19,20)21/h2-9,17H,10H2,1H3,(H,23,24)/t17-/m1/s1. The van der Waals surface area contributed by atoms with Crippen LogP contribution in [-0.2, 0) is 11.0 Å². The molecule has 1 N–H and O–H groups in total. The Balaban J connectivity index is 2.36. The Bertz CT molecular complexity index is 763. The number of carbonyl (C=O) groups is 1. The molecule has 0 spiro atoms. The van der Waals surface area contributed by atoms with Crippen LogP contribution in [0.25, 0.3) is 0 Å². The maximum absolute atomic E-state index is 12.7. The summed E-state index contributed by atoms with van der Waals surface area (Å²) in [6, 6.07) is 12.4. The van der Waals surface area contributed by atoms with Crippen molar-refractivity contribution in [1.29, 1.82) is 5.26 Å². The highest BCUT2D eigenvalue weighted by molar-refractivity contribution is 5.79. The number of amides is 1. The third-order valence-electron chi connectivity index (χ3n) is 3.57. The Kier molecular flexibility index (Phi) is 5.65. The summed E-state index contributed by atoms with van der Waals surface area (Å²) in [5, 5.41) is 11.3. The maximum atomic E-state index is 12.7. The first kappa shape index (κ1) is 18.3. The number of hydrogen-bond acceptors (Lipinski definition) is 3. The van der Waals surface area contributed by atoms with Gasteiger partial charge in [-0.1, -0.05) is 24.3 Å². The van der Waals surface area contributed by atoms with E-state index in [0.717, 1.165) is 12.1 Å². The summed E-state index contributed by atoms with van der Waals surface area (Å²) in [6.07, 6.45) is -4.77. The highest BCUT2D eigenvalue weighted by atomic mass is 19.4. The molecule has 0 aromatic heterocycles. The molecule has 0 unspecified atom stereocenters. The van der Waals surface area contributed by atoms with Crippen molar-refractivity contribution in [2.75, 3.05) is 7.11 Å². The molecule has 0 bridgehead atoms. The first-order chi connectivity index (χ1) is 11.8. The van der Waals surface area contributed by atoms with Gasteiger partial charge in [-0.3, -0.25) is 4.79 Å². The largest absolute Gasteiger partial charge is 0.497 e. The third-order valence-corrected chi connectivity index (χ3v) is 3.57. The monoisotopic (exact) mass is 348 g/mol. The molecule has 0 fully saturated rings. The van der Waals surface area contributed by atoms with Crippen LogP contribution >= 0.6 is 0 Å². The summed E-state index contributed by atoms with van der Waals surface area (Å²) in [5.41, 5.74) is 0.365. The quantitative estimate of drug-likeness (QED) is 0.893. The van der Waals surface area contributed by atoms with Crippen LogP contribution in [0.5, 0.6) is 5.75 Å². The molecule has 130 valence electrons. The van der Waals surface area contributed by atoms with Crippen LogP contribution in [-0.4, -0.2) is 13.0 Å². The predicted octanol–water partition coefficient (Wildman–Crippen LogP) is 3.83. The first-order valence-electron chi connectivity index (χ1n) is 7.32. The average molecular weight is 348 g/mol. The van der Waals surface area contributed by atoms with E-state index in [0.29, 0.717) is 16.9 Å². The van der Waals surface area contributed by atoms with E-state index in [2.05, 4.69) is 5.32 Å². The molecule has 0 radical (unpaired) electrons. The lowest BCUT2D eigenvalue weighted by Gasteiger charge is -2.20. The zero-order valence-electron chi connectivity index (χ0n) is 13.3. The van der Waals surface area contributed by atoms with Gasteiger partial charge in [0, 0.05) is 0 Å². The van der Waals surface area contributed by atoms with E-state index in [1.54, 1.807) is 30.3 Å². The van der Waals surface area contributed by atoms with Crippen molar-refractivity contribution < 1.29 is 22.7 Å². The normalized spacial score (nSPS) is 12.1. The van der Waals surface area contributed by atoms with Gasteiger partial charge in [-0.15, -0.1) is 0 Å². The first-order valence-corrected chi connectivity index (χ1v) is 7.32. The van der Waals surface area contributed by atoms with Crippen LogP contribution in [0, 0.1) is 11.3 Å². The van der Waals surface area contributed by atoms with Crippen LogP contribution < -0.4 is 10.1 Å². The third kappa shape index (κ3) is 4.73. The van der Waals surface area contributed by atoms with Gasteiger partial charge in [-0.25, -0.2) is 0 Å². The number of rotatable bonds is 5. The summed E-state index contributed by atoms with van der Waals surface area (Å²) in [5.74, 6) is 0.0986. The summed E-state index contributed by atoms with van der Waals surface area (Å²) < 4.78 is 43.2. The minimum absolute atomic E-state index is 0.340. The van der Waals surface area contributed by atoms with Crippen LogP contribution in [0.1, 0.15) is 29.2 Å². The zero-order valence-corrected chi connectivity index (χ0v) is 13.3. The van der Waals surface area contributed by atoms with Crippen LogP contribution in [0.3, 0.4) is 0 Å². The fraction of sp³-hybridized carbons (Fsp3) is 0.222. The molecule has 25 heavy (non-hydrogen) atoms. The van der Waals surface area contributed by atoms with Gasteiger partial charge in [0.2, 0.25) is 5.91 Å². The van der Waals surface area contributed by atoms with Crippen LogP contribution in [0.15, 0.2) is 48.5 Å². The second kappa shape index (κ2) is 7.71. The van der Waals surface area contributed by atoms with Crippen molar-refractivity contribution in [1.82, 2.24) is 5.32 Å². The second-order valence-corrected chi connectivity index (χ2v) is 5.23. The summed E-state index contributed by atoms with van der Waals surface area (Å²) in [7, 11) is 1.51. The van der Waals surface area contributed by atoms with E-state index < -0.39 is 23.7 Å². The fourth-order valence-electron chi connectivity index (χ4n) is 2.30. The molecule has 2 aromatic rings. The fourth-order valence-corrected chi connectivity index (χ4v) is 2.30. The van der Waals surface area contributed by atoms with Crippen molar-refractivity contribution in [3.8, 4) is 11.8 Å². The molecule has 4 nitrogen and oxygen atoms in total. The van der Waals surface area contributed by atoms with Gasteiger partial charge in [-0.05, 0) is 35.4 Å². The lowest BCUT2D eigenvalue weighted by molar-refractivity contribution is -0.137. The zero-order chi connectivity index (χ0) is 18.4. The van der Waals surface area contributed by atoms with Crippen molar-refractivity contribution in [2.45, 2.75) is 18.6 Å². The number of halogens is 3. The molecule has 1 amide bonds. The topological polar surface area (TPSA) is 62.1 Å². The lowest BCUT2D eigenvalue weighted by Crippen LogP contribution is -2.28. The molecule has 0 aliphatic carbocycles. The molecular formula is C18H15F3N2O2. The molecule has 2 aromatic carbocycles. The van der Waals surface area contributed by atoms with Gasteiger partial charge in [-0.2, -0.15) is 18.4 Å². The number of alkyl halides is 3. The van der Waals surface area contributed by atoms with E-state index >= 15 is 0 Å². The molecular weight excluding hydrogens is 333 g/mol. The molecule has 7 heteroatoms. The van der Waals surface area contributed by atoms with E-state index in [9.17, 15) is 18.0 Å². The van der Waals surface area contributed by atoms with Gasteiger partial charge in [0.05, 0.1) is 24.8 Å². The predicted molar refractivity (Wildman–Crippen MR) is 84.7 cm³/mol. The summed E-state index contributed by atoms with van der Waals surface area (Å²) in [6.45, 7) is 0. The number of nitriles is 1. The summed E-state index contributed by atoms with van der Waals surface area (Å²) in [4.78, 5) is 11.8. The van der Waals surface area contributed by atoms with E-state index in [1.165, 1.54) is 19.2 Å². The molecule has 0 aliphatic heterocycles. The van der Waals surface area contributed by atoms with Crippen LogP contribution in [0.2, 0.25) is 0 Å². The number of nitrogens with zero attached hydrogens (tertiary/aromatic N) is 1. The highest BCUT2D eigenvalue weighted by Gasteiger charge is 2.30. The molecule has 0 aliphatic rings. The lowest BCUT2D eigenvalue weighted by atomic mass is 9.97. The van der Waals surface area contributed by atoms with Crippen molar-refractivity contribution in [3.05, 3.63) is 65.2 Å². The number of methoxy groups -OCH3 is 1. The Morgan fingerprint density at radius 3 is 2.08 bits per heavy atom. The Morgan fingerprint density at radius 1 is 1.12 bits per heavy atom. The van der Waals surface area contributed by atoms with Gasteiger partial charge in [0.15, 0.2) is 0 Å². The minimum atomic E-state index is -4.43. The summed E-state index contributed by atoms with van der Waals surface area (Å²) >= 11 is 0. The maximum Gasteiger partial charge on any atom is 0.416 e. The average Bonchev–Trinajstić information content (AvgIpc) is 2.59. The van der Waals surface area contributed by atoms with Gasteiger partial charge < -0.3 is 10.1 Å². The number of nitrogens with one attached hydrogen (secondary N) is 1. The number of benzene rings is 2. The van der Waals surface area contributed by atoms with Crippen molar-refractivity contribution in [3.63, 3.8) is 0 Å². The van der Waals surface area contributed by atoms with Gasteiger partial charge in [0.25, 0.3) is 0 Å². The number of ether oxygens (including phenoxy) is 1. The van der Waals surface area contributed by atoms with Crippen molar-refractivity contribution in [2.24, 2.45) is 0 Å². The SMILES string of the molecule is COc1ccc([C@H](NC(=O)CC#N)c2ccc(C(F)(F)F)cc2)cc1. The molecule has 0 saturated heterocycles. The van der Waals surface area contributed by atoms with E-state index in [1.807, 2.05) is 0 Å².